The number of nitrogens with one attached hydrogen (secondary N) is 2. The first-order valence-electron chi connectivity index (χ1n) is 7.80. The van der Waals surface area contributed by atoms with Gasteiger partial charge in [0.25, 0.3) is 0 Å². The maximum atomic E-state index is 13.2. The van der Waals surface area contributed by atoms with Crippen molar-refractivity contribution < 1.29 is 14.3 Å². The summed E-state index contributed by atoms with van der Waals surface area (Å²) in [6.45, 7) is 2.05. The number of amides is 1. The van der Waals surface area contributed by atoms with Crippen LogP contribution in [0.5, 0.6) is 0 Å². The maximum absolute atomic E-state index is 13.2. The topological polar surface area (TPSA) is 65.1 Å². The molecule has 0 unspecified atom stereocenters. The number of aliphatic hydroxyl groups is 1. The monoisotopic (exact) mass is 326 g/mol. The summed E-state index contributed by atoms with van der Waals surface area (Å²) in [5.74, 6) is -0.596. The highest BCUT2D eigenvalue weighted by atomic mass is 19.1. The van der Waals surface area contributed by atoms with Crippen molar-refractivity contribution in [2.24, 2.45) is 0 Å². The molecule has 3 N–H and O–H groups in total. The van der Waals surface area contributed by atoms with Crippen LogP contribution in [0.25, 0.3) is 10.9 Å². The summed E-state index contributed by atoms with van der Waals surface area (Å²) >= 11 is 0. The number of fused-ring (bicyclic) bond motifs is 1. The van der Waals surface area contributed by atoms with Crippen LogP contribution in [-0.4, -0.2) is 22.5 Å². The summed E-state index contributed by atoms with van der Waals surface area (Å²) in [6, 6.07) is 11.7. The molecule has 0 saturated carbocycles. The van der Waals surface area contributed by atoms with Gasteiger partial charge in [-0.3, -0.25) is 4.79 Å². The van der Waals surface area contributed by atoms with Crippen LogP contribution in [0.2, 0.25) is 0 Å². The zero-order chi connectivity index (χ0) is 17.1. The van der Waals surface area contributed by atoms with E-state index in [1.54, 1.807) is 6.07 Å². The Kier molecular flexibility index (Phi) is 4.62. The van der Waals surface area contributed by atoms with Crippen LogP contribution in [-0.2, 0) is 11.2 Å². The number of aliphatic hydroxyl groups excluding tert-OH is 1. The van der Waals surface area contributed by atoms with E-state index in [9.17, 15) is 14.3 Å². The number of benzene rings is 2. The second-order valence-electron chi connectivity index (χ2n) is 5.86. The van der Waals surface area contributed by atoms with E-state index in [1.165, 1.54) is 18.2 Å². The molecule has 0 saturated heterocycles. The number of carbonyl (C=O) groups is 1. The number of rotatable bonds is 5. The van der Waals surface area contributed by atoms with Crippen molar-refractivity contribution in [1.29, 1.82) is 0 Å². The summed E-state index contributed by atoms with van der Waals surface area (Å²) in [4.78, 5) is 15.3. The average molecular weight is 326 g/mol. The highest BCUT2D eigenvalue weighted by Crippen LogP contribution is 2.22. The minimum atomic E-state index is -0.936. The van der Waals surface area contributed by atoms with Crippen molar-refractivity contribution >= 4 is 16.8 Å². The van der Waals surface area contributed by atoms with Crippen molar-refractivity contribution in [1.82, 2.24) is 10.3 Å². The number of hydrogen-bond donors (Lipinski definition) is 3. The van der Waals surface area contributed by atoms with Crippen LogP contribution in [0.1, 0.15) is 22.8 Å². The van der Waals surface area contributed by atoms with Crippen LogP contribution >= 0.6 is 0 Å². The van der Waals surface area contributed by atoms with E-state index in [1.807, 2.05) is 31.3 Å². The van der Waals surface area contributed by atoms with Crippen molar-refractivity contribution in [3.63, 3.8) is 0 Å². The van der Waals surface area contributed by atoms with Gasteiger partial charge in [-0.2, -0.15) is 0 Å². The molecule has 4 nitrogen and oxygen atoms in total. The summed E-state index contributed by atoms with van der Waals surface area (Å²) in [5, 5.41) is 13.8. The Morgan fingerprint density at radius 1 is 1.29 bits per heavy atom. The summed E-state index contributed by atoms with van der Waals surface area (Å²) in [7, 11) is 0. The van der Waals surface area contributed by atoms with Crippen molar-refractivity contribution in [2.75, 3.05) is 6.54 Å². The first-order valence-corrected chi connectivity index (χ1v) is 7.80. The van der Waals surface area contributed by atoms with E-state index in [4.69, 9.17) is 0 Å². The first-order chi connectivity index (χ1) is 11.5. The Bertz CT molecular complexity index is 873. The number of halogens is 1. The molecule has 0 fully saturated rings. The summed E-state index contributed by atoms with van der Waals surface area (Å²) in [5.41, 5.74) is 3.47. The molecule has 0 bridgehead atoms. The molecule has 3 rings (SSSR count). The Morgan fingerprint density at radius 2 is 2.08 bits per heavy atom. The third kappa shape index (κ3) is 3.46. The number of carbonyl (C=O) groups excluding carboxylic acids is 1. The number of hydrogen-bond acceptors (Lipinski definition) is 2. The van der Waals surface area contributed by atoms with Crippen LogP contribution in [0.3, 0.4) is 0 Å². The Morgan fingerprint density at radius 3 is 2.88 bits per heavy atom. The quantitative estimate of drug-likeness (QED) is 0.675. The fourth-order valence-corrected chi connectivity index (χ4v) is 2.87. The van der Waals surface area contributed by atoms with E-state index < -0.39 is 11.9 Å². The molecule has 1 aromatic heterocycles. The van der Waals surface area contributed by atoms with Gasteiger partial charge in [-0.15, -0.1) is 0 Å². The number of aromatic amines is 1. The lowest BCUT2D eigenvalue weighted by Crippen LogP contribution is -2.29. The van der Waals surface area contributed by atoms with Crippen molar-refractivity contribution in [3.05, 3.63) is 71.2 Å². The van der Waals surface area contributed by atoms with Crippen LogP contribution in [0.4, 0.5) is 4.39 Å². The highest BCUT2D eigenvalue weighted by Gasteiger charge is 2.13. The molecule has 5 heteroatoms. The molecule has 24 heavy (non-hydrogen) atoms. The van der Waals surface area contributed by atoms with Gasteiger partial charge >= 0.3 is 0 Å². The minimum absolute atomic E-state index is 0.0453. The second-order valence-corrected chi connectivity index (χ2v) is 5.86. The fourth-order valence-electron chi connectivity index (χ4n) is 2.87. The van der Waals surface area contributed by atoms with Gasteiger partial charge in [0.2, 0.25) is 5.91 Å². The third-order valence-electron chi connectivity index (χ3n) is 4.07. The molecule has 0 aliphatic rings. The average Bonchev–Trinajstić information content (AvgIpc) is 2.97. The highest BCUT2D eigenvalue weighted by molar-refractivity contribution is 5.91. The molecule has 2 aromatic carbocycles. The van der Waals surface area contributed by atoms with Crippen LogP contribution in [0, 0.1) is 12.7 Å². The Hall–Kier alpha value is -2.66. The fraction of sp³-hybridized carbons (Fsp3) is 0.211. The lowest BCUT2D eigenvalue weighted by molar-refractivity contribution is -0.120. The molecule has 0 aliphatic heterocycles. The summed E-state index contributed by atoms with van der Waals surface area (Å²) < 4.78 is 13.2. The smallest absolute Gasteiger partial charge is 0.224 e. The van der Waals surface area contributed by atoms with Gasteiger partial charge in [0.15, 0.2) is 0 Å². The van der Waals surface area contributed by atoms with E-state index >= 15 is 0 Å². The van der Waals surface area contributed by atoms with E-state index in [0.29, 0.717) is 5.56 Å². The van der Waals surface area contributed by atoms with Gasteiger partial charge in [-0.25, -0.2) is 4.39 Å². The SMILES string of the molecule is Cc1cccc2[nH]cc(CC(=O)NC[C@@H](O)c3cccc(F)c3)c12. The molecule has 1 heterocycles. The molecule has 124 valence electrons. The number of H-pyrrole nitrogens is 1. The van der Waals surface area contributed by atoms with Crippen LogP contribution < -0.4 is 5.32 Å². The molecule has 0 spiro atoms. The van der Waals surface area contributed by atoms with E-state index in [2.05, 4.69) is 10.3 Å². The largest absolute Gasteiger partial charge is 0.387 e. The van der Waals surface area contributed by atoms with Crippen LogP contribution in [0.15, 0.2) is 48.7 Å². The van der Waals surface area contributed by atoms with Gasteiger partial charge in [0, 0.05) is 23.6 Å². The van der Waals surface area contributed by atoms with Gasteiger partial charge in [-0.05, 0) is 41.8 Å². The standard InChI is InChI=1S/C19H19FN2O2/c1-12-4-2-7-16-19(12)14(10-21-16)9-18(24)22-11-17(23)13-5-3-6-15(20)8-13/h2-8,10,17,21,23H,9,11H2,1H3,(H,22,24)/t17-/m1/s1. The van der Waals surface area contributed by atoms with E-state index in [0.717, 1.165) is 22.0 Å². The van der Waals surface area contributed by atoms with Crippen molar-refractivity contribution in [3.8, 4) is 0 Å². The number of aryl methyl sites for hydroxylation is 1. The molecule has 0 aliphatic carbocycles. The first kappa shape index (κ1) is 16.2. The Balaban J connectivity index is 1.63. The van der Waals surface area contributed by atoms with Gasteiger partial charge in [0.05, 0.1) is 12.5 Å². The lowest BCUT2D eigenvalue weighted by Gasteiger charge is -2.12. The molecule has 1 atom stereocenters. The molecule has 1 amide bonds. The normalized spacial score (nSPS) is 12.3. The van der Waals surface area contributed by atoms with Crippen molar-refractivity contribution in [2.45, 2.75) is 19.4 Å². The molecule has 3 aromatic rings. The Labute approximate surface area is 139 Å². The zero-order valence-corrected chi connectivity index (χ0v) is 13.3. The molecular formula is C19H19FN2O2. The zero-order valence-electron chi connectivity index (χ0n) is 13.3. The molecular weight excluding hydrogens is 307 g/mol. The predicted molar refractivity (Wildman–Crippen MR) is 91.1 cm³/mol. The maximum Gasteiger partial charge on any atom is 0.224 e. The third-order valence-corrected chi connectivity index (χ3v) is 4.07. The van der Waals surface area contributed by atoms with Gasteiger partial charge in [-0.1, -0.05) is 24.3 Å². The van der Waals surface area contributed by atoms with E-state index in [-0.39, 0.29) is 18.9 Å². The lowest BCUT2D eigenvalue weighted by atomic mass is 10.1. The minimum Gasteiger partial charge on any atom is -0.387 e. The van der Waals surface area contributed by atoms with Gasteiger partial charge in [0.1, 0.15) is 5.82 Å². The molecule has 0 radical (unpaired) electrons. The van der Waals surface area contributed by atoms with Gasteiger partial charge < -0.3 is 15.4 Å². The second kappa shape index (κ2) is 6.84. The summed E-state index contributed by atoms with van der Waals surface area (Å²) in [6.07, 6.45) is 1.12. The predicted octanol–water partition coefficient (Wildman–Crippen LogP) is 3.01. The number of aromatic nitrogens is 1.